The number of nitrogens with one attached hydrogen (secondary N) is 2. The van der Waals surface area contributed by atoms with E-state index in [1.807, 2.05) is 0 Å². The van der Waals surface area contributed by atoms with Crippen LogP contribution in [-0.4, -0.2) is 54.4 Å². The van der Waals surface area contributed by atoms with Gasteiger partial charge < -0.3 is 20.8 Å². The summed E-state index contributed by atoms with van der Waals surface area (Å²) in [6.45, 7) is 0. The molecule has 0 saturated carbocycles. The molecule has 0 fully saturated rings. The van der Waals surface area contributed by atoms with Crippen molar-refractivity contribution in [3.63, 3.8) is 0 Å². The van der Waals surface area contributed by atoms with Crippen LogP contribution in [0.3, 0.4) is 0 Å². The number of hydrogen-bond acceptors (Lipinski definition) is 5. The molecule has 0 aromatic carbocycles. The van der Waals surface area contributed by atoms with Gasteiger partial charge in [-0.2, -0.15) is 0 Å². The lowest BCUT2D eigenvalue weighted by Crippen LogP contribution is -2.49. The fraction of sp³-hybridized carbons (Fsp3) is 0.500. The minimum Gasteiger partial charge on any atom is -0.481 e. The van der Waals surface area contributed by atoms with E-state index >= 15 is 0 Å². The Morgan fingerprint density at radius 1 is 1.30 bits per heavy atom. The van der Waals surface area contributed by atoms with Crippen molar-refractivity contribution in [2.75, 3.05) is 5.75 Å². The molecule has 0 aliphatic carbocycles. The molecule has 2 amide bonds. The zero-order chi connectivity index (χ0) is 15.3. The molecule has 20 heavy (non-hydrogen) atoms. The quantitative estimate of drug-likeness (QED) is 0.487. The first kappa shape index (κ1) is 16.0. The lowest BCUT2D eigenvalue weighted by Gasteiger charge is -2.16. The van der Waals surface area contributed by atoms with E-state index in [1.54, 1.807) is 0 Å². The van der Waals surface area contributed by atoms with Crippen LogP contribution >= 0.6 is 0 Å². The molecule has 0 radical (unpaired) electrons. The molecule has 1 aliphatic rings. The number of aliphatic carboxylic acids is 2. The maximum atomic E-state index is 11.5. The van der Waals surface area contributed by atoms with Crippen LogP contribution in [-0.2, 0) is 19.4 Å². The van der Waals surface area contributed by atoms with Gasteiger partial charge in [-0.1, -0.05) is 0 Å². The molecule has 10 heteroatoms. The average Bonchev–Trinajstić information content (AvgIpc) is 2.63. The third-order valence-corrected chi connectivity index (χ3v) is 3.89. The fourth-order valence-corrected chi connectivity index (χ4v) is 2.79. The summed E-state index contributed by atoms with van der Waals surface area (Å²) in [5, 5.41) is 22.6. The predicted molar refractivity (Wildman–Crippen MR) is 66.7 cm³/mol. The van der Waals surface area contributed by atoms with Gasteiger partial charge in [-0.25, -0.2) is 18.0 Å². The van der Waals surface area contributed by atoms with E-state index in [9.17, 15) is 22.8 Å². The Hall–Kier alpha value is -2.10. The van der Waals surface area contributed by atoms with Gasteiger partial charge in [0.15, 0.2) is 9.84 Å². The number of rotatable bonds is 6. The zero-order valence-electron chi connectivity index (χ0n) is 10.3. The minimum absolute atomic E-state index is 0.267. The van der Waals surface area contributed by atoms with E-state index in [0.717, 1.165) is 5.41 Å². The van der Waals surface area contributed by atoms with E-state index in [1.165, 1.54) is 6.08 Å². The highest BCUT2D eigenvalue weighted by molar-refractivity contribution is 7.94. The molecule has 0 spiro atoms. The van der Waals surface area contributed by atoms with Crippen LogP contribution in [0.4, 0.5) is 4.79 Å². The summed E-state index contributed by atoms with van der Waals surface area (Å²) in [5.41, 5.74) is 0. The standard InChI is InChI=1S/C10H14N2O7S/c13-8(14)2-1-7(9(15)16)12-10(17)11-6-3-4-20(18,19)5-6/h3-4,6-7H,1-2,5H2,(H,13,14)(H,15,16)(H2,11,12,17)/t6?,7-/m0/s1. The van der Waals surface area contributed by atoms with Crippen molar-refractivity contribution >= 4 is 27.8 Å². The van der Waals surface area contributed by atoms with Crippen LogP contribution in [0.15, 0.2) is 11.5 Å². The first-order chi connectivity index (χ1) is 9.19. The molecule has 0 aromatic heterocycles. The number of carboxylic acids is 2. The molecule has 1 aliphatic heterocycles. The second kappa shape index (κ2) is 6.37. The SMILES string of the molecule is O=C(O)CC[C@H](NC(=O)NC1C=CS(=O)(=O)C1)C(=O)O. The number of hydrogen-bond donors (Lipinski definition) is 4. The smallest absolute Gasteiger partial charge is 0.326 e. The van der Waals surface area contributed by atoms with Gasteiger partial charge in [0.1, 0.15) is 6.04 Å². The van der Waals surface area contributed by atoms with Gasteiger partial charge in [0, 0.05) is 11.8 Å². The maximum Gasteiger partial charge on any atom is 0.326 e. The topological polar surface area (TPSA) is 150 Å². The van der Waals surface area contributed by atoms with E-state index in [2.05, 4.69) is 10.6 Å². The lowest BCUT2D eigenvalue weighted by atomic mass is 10.1. The van der Waals surface area contributed by atoms with Crippen molar-refractivity contribution in [1.82, 2.24) is 10.6 Å². The van der Waals surface area contributed by atoms with Crippen molar-refractivity contribution in [3.8, 4) is 0 Å². The largest absolute Gasteiger partial charge is 0.481 e. The van der Waals surface area contributed by atoms with Crippen molar-refractivity contribution in [3.05, 3.63) is 11.5 Å². The lowest BCUT2D eigenvalue weighted by molar-refractivity contribution is -0.140. The average molecular weight is 306 g/mol. The Labute approximate surface area is 114 Å². The fourth-order valence-electron chi connectivity index (χ4n) is 1.56. The summed E-state index contributed by atoms with van der Waals surface area (Å²) in [4.78, 5) is 32.7. The maximum absolute atomic E-state index is 11.5. The number of carboxylic acid groups (broad SMARTS) is 2. The Morgan fingerprint density at radius 3 is 2.40 bits per heavy atom. The molecule has 2 atom stereocenters. The molecule has 112 valence electrons. The second-order valence-electron chi connectivity index (χ2n) is 4.21. The second-order valence-corrected chi connectivity index (χ2v) is 6.14. The van der Waals surface area contributed by atoms with Gasteiger partial charge in [0.2, 0.25) is 0 Å². The summed E-state index contributed by atoms with van der Waals surface area (Å²) in [5.74, 6) is -2.83. The number of carbonyl (C=O) groups is 3. The van der Waals surface area contributed by atoms with Crippen molar-refractivity contribution in [2.45, 2.75) is 24.9 Å². The van der Waals surface area contributed by atoms with Crippen LogP contribution in [0.2, 0.25) is 0 Å². The van der Waals surface area contributed by atoms with Crippen LogP contribution in [0.1, 0.15) is 12.8 Å². The van der Waals surface area contributed by atoms with Crippen LogP contribution in [0.5, 0.6) is 0 Å². The number of amides is 2. The molecular weight excluding hydrogens is 292 g/mol. The van der Waals surface area contributed by atoms with E-state index in [4.69, 9.17) is 10.2 Å². The van der Waals surface area contributed by atoms with E-state index in [0.29, 0.717) is 0 Å². The predicted octanol–water partition coefficient (Wildman–Crippen LogP) is -1.09. The molecule has 0 bridgehead atoms. The van der Waals surface area contributed by atoms with E-state index in [-0.39, 0.29) is 12.2 Å². The Morgan fingerprint density at radius 2 is 1.95 bits per heavy atom. The van der Waals surface area contributed by atoms with Crippen molar-refractivity contribution in [1.29, 1.82) is 0 Å². The molecule has 1 heterocycles. The summed E-state index contributed by atoms with van der Waals surface area (Å²) in [6.07, 6.45) is 0.605. The monoisotopic (exact) mass is 306 g/mol. The normalized spacial score (nSPS) is 21.1. The molecule has 1 rings (SSSR count). The first-order valence-electron chi connectivity index (χ1n) is 5.62. The minimum atomic E-state index is -3.32. The molecular formula is C10H14N2O7S. The van der Waals surface area contributed by atoms with Gasteiger partial charge in [-0.05, 0) is 12.5 Å². The van der Waals surface area contributed by atoms with Crippen LogP contribution in [0, 0.1) is 0 Å². The van der Waals surface area contributed by atoms with Gasteiger partial charge in [-0.15, -0.1) is 0 Å². The van der Waals surface area contributed by atoms with Gasteiger partial charge in [-0.3, -0.25) is 4.79 Å². The van der Waals surface area contributed by atoms with Gasteiger partial charge in [0.25, 0.3) is 0 Å². The highest BCUT2D eigenvalue weighted by Gasteiger charge is 2.25. The number of urea groups is 1. The summed E-state index contributed by atoms with van der Waals surface area (Å²) in [6, 6.07) is -2.95. The zero-order valence-corrected chi connectivity index (χ0v) is 11.1. The highest BCUT2D eigenvalue weighted by atomic mass is 32.2. The van der Waals surface area contributed by atoms with Gasteiger partial charge in [0.05, 0.1) is 11.8 Å². The summed E-state index contributed by atoms with van der Waals surface area (Å²) >= 11 is 0. The summed E-state index contributed by atoms with van der Waals surface area (Å²) in [7, 11) is -3.32. The van der Waals surface area contributed by atoms with Crippen LogP contribution in [0.25, 0.3) is 0 Å². The Bertz CT molecular complexity index is 540. The van der Waals surface area contributed by atoms with Crippen molar-refractivity contribution in [2.24, 2.45) is 0 Å². The Kier molecular flexibility index (Phi) is 5.08. The van der Waals surface area contributed by atoms with E-state index < -0.39 is 46.3 Å². The highest BCUT2D eigenvalue weighted by Crippen LogP contribution is 2.07. The summed E-state index contributed by atoms with van der Waals surface area (Å²) < 4.78 is 22.2. The first-order valence-corrected chi connectivity index (χ1v) is 7.34. The number of sulfone groups is 1. The molecule has 0 saturated heterocycles. The molecule has 9 nitrogen and oxygen atoms in total. The Balaban J connectivity index is 2.48. The van der Waals surface area contributed by atoms with Crippen LogP contribution < -0.4 is 10.6 Å². The van der Waals surface area contributed by atoms with Gasteiger partial charge >= 0.3 is 18.0 Å². The number of carbonyl (C=O) groups excluding carboxylic acids is 1. The molecule has 0 aromatic rings. The third-order valence-electron chi connectivity index (χ3n) is 2.50. The van der Waals surface area contributed by atoms with Crippen molar-refractivity contribution < 1.29 is 33.0 Å². The third kappa shape index (κ3) is 5.26. The molecule has 1 unspecified atom stereocenters. The molecule has 4 N–H and O–H groups in total.